The molecule has 1 aliphatic heterocycles. The minimum atomic E-state index is -0.989. The van der Waals surface area contributed by atoms with E-state index in [1.807, 2.05) is 0 Å². The number of amides is 1. The van der Waals surface area contributed by atoms with E-state index in [2.05, 4.69) is 5.32 Å². The van der Waals surface area contributed by atoms with Gasteiger partial charge in [0.2, 0.25) is 0 Å². The van der Waals surface area contributed by atoms with Gasteiger partial charge in [-0.3, -0.25) is 4.79 Å². The number of carbonyl (C=O) groups is 2. The number of nitrogens with one attached hydrogen (secondary N) is 1. The maximum absolute atomic E-state index is 12.0. The predicted octanol–water partition coefficient (Wildman–Crippen LogP) is 0.763. The van der Waals surface area contributed by atoms with Crippen LogP contribution in [0.4, 0.5) is 0 Å². The maximum Gasteiger partial charge on any atom is 0.332 e. The Morgan fingerprint density at radius 3 is 2.76 bits per heavy atom. The molecule has 0 saturated carbocycles. The van der Waals surface area contributed by atoms with Crippen LogP contribution in [0, 0.1) is 0 Å². The Morgan fingerprint density at radius 1 is 1.43 bits per heavy atom. The van der Waals surface area contributed by atoms with Gasteiger partial charge in [0.25, 0.3) is 5.91 Å². The molecule has 0 bridgehead atoms. The number of benzene rings is 1. The molecule has 1 heterocycles. The van der Waals surface area contributed by atoms with Crippen molar-refractivity contribution in [1.82, 2.24) is 5.32 Å². The molecule has 1 saturated heterocycles. The van der Waals surface area contributed by atoms with Crippen molar-refractivity contribution in [3.05, 3.63) is 23.8 Å². The van der Waals surface area contributed by atoms with E-state index in [0.717, 1.165) is 0 Å². The molecule has 1 aromatic carbocycles. The van der Waals surface area contributed by atoms with Crippen molar-refractivity contribution in [2.45, 2.75) is 25.0 Å². The third kappa shape index (κ3) is 3.63. The number of methoxy groups -OCH3 is 1. The zero-order chi connectivity index (χ0) is 15.4. The fourth-order valence-corrected chi connectivity index (χ4v) is 2.17. The van der Waals surface area contributed by atoms with Crippen LogP contribution < -0.4 is 10.1 Å². The number of aromatic hydroxyl groups is 1. The van der Waals surface area contributed by atoms with E-state index in [4.69, 9.17) is 14.6 Å². The van der Waals surface area contributed by atoms with E-state index in [0.29, 0.717) is 18.6 Å². The molecule has 1 amide bonds. The van der Waals surface area contributed by atoms with Crippen LogP contribution in [0.3, 0.4) is 0 Å². The lowest BCUT2D eigenvalue weighted by molar-refractivity contribution is -0.149. The average Bonchev–Trinajstić information content (AvgIpc) is 2.93. The largest absolute Gasteiger partial charge is 0.507 e. The normalized spacial score (nSPS) is 21.0. The van der Waals surface area contributed by atoms with Crippen LogP contribution in [0.1, 0.15) is 23.2 Å². The summed E-state index contributed by atoms with van der Waals surface area (Å²) in [6.07, 6.45) is -0.119. The molecule has 1 fully saturated rings. The lowest BCUT2D eigenvalue weighted by Gasteiger charge is -2.13. The van der Waals surface area contributed by atoms with E-state index in [-0.39, 0.29) is 24.0 Å². The summed E-state index contributed by atoms with van der Waals surface area (Å²) < 4.78 is 10.2. The summed E-state index contributed by atoms with van der Waals surface area (Å²) in [5.74, 6) is -1.16. The number of carboxylic acid groups (broad SMARTS) is 1. The molecule has 7 heteroatoms. The minimum absolute atomic E-state index is 0.128. The van der Waals surface area contributed by atoms with Gasteiger partial charge in [-0.15, -0.1) is 0 Å². The number of hydrogen-bond acceptors (Lipinski definition) is 5. The quantitative estimate of drug-likeness (QED) is 0.741. The summed E-state index contributed by atoms with van der Waals surface area (Å²) in [5, 5.41) is 21.2. The molecule has 2 rings (SSSR count). The number of aliphatic carboxylic acids is 1. The highest BCUT2D eigenvalue weighted by Gasteiger charge is 2.30. The zero-order valence-electron chi connectivity index (χ0n) is 11.5. The van der Waals surface area contributed by atoms with E-state index in [1.165, 1.54) is 19.2 Å². The first-order chi connectivity index (χ1) is 10.0. The molecular formula is C14H17NO6. The van der Waals surface area contributed by atoms with Crippen LogP contribution in [0.25, 0.3) is 0 Å². The second kappa shape index (κ2) is 6.45. The number of carboxylic acids is 1. The lowest BCUT2D eigenvalue weighted by Crippen LogP contribution is -2.33. The predicted molar refractivity (Wildman–Crippen MR) is 72.5 cm³/mol. The second-order valence-electron chi connectivity index (χ2n) is 4.76. The van der Waals surface area contributed by atoms with Crippen molar-refractivity contribution >= 4 is 11.9 Å². The first-order valence-corrected chi connectivity index (χ1v) is 6.54. The van der Waals surface area contributed by atoms with E-state index in [9.17, 15) is 14.7 Å². The lowest BCUT2D eigenvalue weighted by atomic mass is 10.1. The topological polar surface area (TPSA) is 105 Å². The van der Waals surface area contributed by atoms with Crippen molar-refractivity contribution in [3.8, 4) is 11.5 Å². The number of hydrogen-bond donors (Lipinski definition) is 3. The van der Waals surface area contributed by atoms with Crippen molar-refractivity contribution in [3.63, 3.8) is 0 Å². The van der Waals surface area contributed by atoms with Gasteiger partial charge in [-0.25, -0.2) is 4.79 Å². The van der Waals surface area contributed by atoms with E-state index >= 15 is 0 Å². The van der Waals surface area contributed by atoms with Crippen LogP contribution in [-0.4, -0.2) is 48.0 Å². The van der Waals surface area contributed by atoms with Crippen LogP contribution in [-0.2, 0) is 9.53 Å². The molecule has 1 aliphatic rings. The second-order valence-corrected chi connectivity index (χ2v) is 4.76. The molecule has 2 unspecified atom stereocenters. The smallest absolute Gasteiger partial charge is 0.332 e. The Morgan fingerprint density at radius 2 is 2.19 bits per heavy atom. The summed E-state index contributed by atoms with van der Waals surface area (Å²) in [6.45, 7) is 0.202. The van der Waals surface area contributed by atoms with Gasteiger partial charge < -0.3 is 25.0 Å². The summed E-state index contributed by atoms with van der Waals surface area (Å²) in [7, 11) is 1.46. The fraction of sp³-hybridized carbons (Fsp3) is 0.429. The fourth-order valence-electron chi connectivity index (χ4n) is 2.17. The summed E-state index contributed by atoms with van der Waals surface area (Å²) in [4.78, 5) is 22.7. The van der Waals surface area contributed by atoms with Crippen LogP contribution >= 0.6 is 0 Å². The highest BCUT2D eigenvalue weighted by atomic mass is 16.5. The molecule has 114 valence electrons. The van der Waals surface area contributed by atoms with E-state index in [1.54, 1.807) is 6.07 Å². The summed E-state index contributed by atoms with van der Waals surface area (Å²) >= 11 is 0. The number of rotatable bonds is 5. The van der Waals surface area contributed by atoms with Crippen LogP contribution in [0.15, 0.2) is 18.2 Å². The van der Waals surface area contributed by atoms with Crippen LogP contribution in [0.2, 0.25) is 0 Å². The molecule has 0 spiro atoms. The summed E-state index contributed by atoms with van der Waals surface area (Å²) in [6, 6.07) is 4.38. The van der Waals surface area contributed by atoms with Gasteiger partial charge in [-0.1, -0.05) is 0 Å². The van der Waals surface area contributed by atoms with Crippen molar-refractivity contribution in [1.29, 1.82) is 0 Å². The highest BCUT2D eigenvalue weighted by molar-refractivity contribution is 5.97. The van der Waals surface area contributed by atoms with Gasteiger partial charge in [0.05, 0.1) is 18.8 Å². The first kappa shape index (κ1) is 15.1. The molecule has 0 aliphatic carbocycles. The van der Waals surface area contributed by atoms with Gasteiger partial charge in [0, 0.05) is 12.6 Å². The molecule has 0 radical (unpaired) electrons. The third-order valence-corrected chi connectivity index (χ3v) is 3.32. The van der Waals surface area contributed by atoms with Gasteiger partial charge in [0.1, 0.15) is 11.5 Å². The zero-order valence-corrected chi connectivity index (χ0v) is 11.5. The van der Waals surface area contributed by atoms with Gasteiger partial charge >= 0.3 is 5.97 Å². The molecule has 3 N–H and O–H groups in total. The first-order valence-electron chi connectivity index (χ1n) is 6.54. The molecule has 2 atom stereocenters. The van der Waals surface area contributed by atoms with Gasteiger partial charge in [-0.05, 0) is 25.0 Å². The Bertz CT molecular complexity index is 544. The van der Waals surface area contributed by atoms with E-state index < -0.39 is 18.0 Å². The molecule has 21 heavy (non-hydrogen) atoms. The average molecular weight is 295 g/mol. The van der Waals surface area contributed by atoms with Crippen LogP contribution in [0.5, 0.6) is 11.5 Å². The summed E-state index contributed by atoms with van der Waals surface area (Å²) in [5.41, 5.74) is 0.128. The molecular weight excluding hydrogens is 278 g/mol. The van der Waals surface area contributed by atoms with Gasteiger partial charge in [0.15, 0.2) is 6.10 Å². The SMILES string of the molecule is COc1ccc(C(=O)NCC2CCC(C(=O)O)O2)c(O)c1. The monoisotopic (exact) mass is 295 g/mol. The molecule has 7 nitrogen and oxygen atoms in total. The van der Waals surface area contributed by atoms with Crippen molar-refractivity contribution < 1.29 is 29.3 Å². The molecule has 0 aromatic heterocycles. The number of carbonyl (C=O) groups excluding carboxylic acids is 1. The minimum Gasteiger partial charge on any atom is -0.507 e. The maximum atomic E-state index is 12.0. The highest BCUT2D eigenvalue weighted by Crippen LogP contribution is 2.23. The third-order valence-electron chi connectivity index (χ3n) is 3.32. The van der Waals surface area contributed by atoms with Gasteiger partial charge in [-0.2, -0.15) is 0 Å². The Kier molecular flexibility index (Phi) is 4.64. The van der Waals surface area contributed by atoms with Crippen molar-refractivity contribution in [2.24, 2.45) is 0 Å². The number of phenolic OH excluding ortho intramolecular Hbond substituents is 1. The Balaban J connectivity index is 1.89. The van der Waals surface area contributed by atoms with Crippen molar-refractivity contribution in [2.75, 3.05) is 13.7 Å². The number of ether oxygens (including phenoxy) is 2. The standard InChI is InChI=1S/C14H17NO6/c1-20-8-2-4-10(11(16)6-8)13(17)15-7-9-3-5-12(21-9)14(18)19/h2,4,6,9,12,16H,3,5,7H2,1H3,(H,15,17)(H,18,19). The molecule has 1 aromatic rings. The Hall–Kier alpha value is -2.28. The number of phenols is 1. The Labute approximate surface area is 121 Å².